The number of aromatic nitrogens is 6. The lowest BCUT2D eigenvalue weighted by Crippen LogP contribution is -2.29. The smallest absolute Gasteiger partial charge is 0.224 e. The summed E-state index contributed by atoms with van der Waals surface area (Å²) in [4.78, 5) is 8.99. The molecule has 2 aromatic heterocycles. The minimum absolute atomic E-state index is 0.0255. The molecule has 1 aliphatic heterocycles. The van der Waals surface area contributed by atoms with Gasteiger partial charge in [-0.1, -0.05) is 36.4 Å². The Kier molecular flexibility index (Phi) is 3.85. The topological polar surface area (TPSA) is 93.4 Å². The fraction of sp³-hybridized carbons (Fsp3) is 0.211. The van der Waals surface area contributed by atoms with E-state index in [-0.39, 0.29) is 17.9 Å². The number of halogens is 1. The first-order chi connectivity index (χ1) is 13.7. The first-order valence-electron chi connectivity index (χ1n) is 8.95. The standard InChI is InChI=1S/C19H17FN8/c1-11-6-7-12(8-14(11)20)9-21-19-22-10-13-17(24-19)23-15-4-2-3-5-16(15)28-18(13)25-26-27-28/h2-8,10,15-16H,9H2,1H3,(H2,21,22,23,24). The second-order valence-corrected chi connectivity index (χ2v) is 6.77. The van der Waals surface area contributed by atoms with Crippen molar-refractivity contribution < 1.29 is 4.39 Å². The Balaban J connectivity index is 1.45. The molecule has 3 heterocycles. The molecule has 3 aromatic rings. The van der Waals surface area contributed by atoms with Crippen LogP contribution in [0.1, 0.15) is 17.2 Å². The molecule has 1 aromatic carbocycles. The quantitative estimate of drug-likeness (QED) is 0.726. The summed E-state index contributed by atoms with van der Waals surface area (Å²) >= 11 is 0. The highest BCUT2D eigenvalue weighted by Gasteiger charge is 2.31. The Labute approximate surface area is 160 Å². The highest BCUT2D eigenvalue weighted by molar-refractivity contribution is 5.72. The van der Waals surface area contributed by atoms with Crippen LogP contribution in [-0.2, 0) is 6.54 Å². The van der Waals surface area contributed by atoms with Gasteiger partial charge in [-0.2, -0.15) is 4.98 Å². The van der Waals surface area contributed by atoms with Gasteiger partial charge in [0.2, 0.25) is 5.95 Å². The van der Waals surface area contributed by atoms with Crippen LogP contribution in [0.3, 0.4) is 0 Å². The maximum atomic E-state index is 13.7. The van der Waals surface area contributed by atoms with Gasteiger partial charge in [0, 0.05) is 12.7 Å². The molecule has 0 fully saturated rings. The van der Waals surface area contributed by atoms with Crippen LogP contribution in [0, 0.1) is 12.7 Å². The lowest BCUT2D eigenvalue weighted by molar-refractivity contribution is 0.501. The number of hydrogen-bond donors (Lipinski definition) is 2. The molecular weight excluding hydrogens is 359 g/mol. The maximum absolute atomic E-state index is 13.7. The molecule has 2 aliphatic rings. The molecule has 140 valence electrons. The Bertz CT molecular complexity index is 1100. The average Bonchev–Trinajstić information content (AvgIpc) is 3.14. The van der Waals surface area contributed by atoms with Crippen LogP contribution in [-0.4, -0.2) is 36.2 Å². The summed E-state index contributed by atoms with van der Waals surface area (Å²) in [5.74, 6) is 1.48. The summed E-state index contributed by atoms with van der Waals surface area (Å²) in [6, 6.07) is 5.08. The Morgan fingerprint density at radius 3 is 3.04 bits per heavy atom. The number of benzene rings is 1. The van der Waals surface area contributed by atoms with E-state index in [0.717, 1.165) is 11.1 Å². The summed E-state index contributed by atoms with van der Waals surface area (Å²) in [5.41, 5.74) is 2.17. The van der Waals surface area contributed by atoms with Crippen LogP contribution in [0.2, 0.25) is 0 Å². The van der Waals surface area contributed by atoms with Gasteiger partial charge in [-0.05, 0) is 34.5 Å². The third kappa shape index (κ3) is 2.81. The average molecular weight is 376 g/mol. The monoisotopic (exact) mass is 376 g/mol. The number of anilines is 2. The van der Waals surface area contributed by atoms with Crippen molar-refractivity contribution in [2.45, 2.75) is 25.6 Å². The van der Waals surface area contributed by atoms with Crippen molar-refractivity contribution in [2.75, 3.05) is 10.6 Å². The summed E-state index contributed by atoms with van der Waals surface area (Å²) < 4.78 is 15.5. The zero-order valence-corrected chi connectivity index (χ0v) is 15.0. The van der Waals surface area contributed by atoms with E-state index in [4.69, 9.17) is 0 Å². The molecule has 0 spiro atoms. The fourth-order valence-corrected chi connectivity index (χ4v) is 3.36. The van der Waals surface area contributed by atoms with E-state index in [9.17, 15) is 4.39 Å². The molecule has 9 heteroatoms. The molecule has 0 radical (unpaired) electrons. The van der Waals surface area contributed by atoms with E-state index in [1.807, 2.05) is 24.3 Å². The molecule has 0 bridgehead atoms. The van der Waals surface area contributed by atoms with Crippen LogP contribution in [0.4, 0.5) is 16.2 Å². The van der Waals surface area contributed by atoms with Gasteiger partial charge >= 0.3 is 0 Å². The van der Waals surface area contributed by atoms with E-state index in [2.05, 4.69) is 42.2 Å². The number of fused-ring (bicyclic) bond motifs is 5. The van der Waals surface area contributed by atoms with Crippen molar-refractivity contribution in [3.63, 3.8) is 0 Å². The molecule has 5 rings (SSSR count). The first-order valence-corrected chi connectivity index (χ1v) is 8.95. The van der Waals surface area contributed by atoms with Crippen LogP contribution in [0.25, 0.3) is 11.4 Å². The number of tetrazole rings is 1. The summed E-state index contributed by atoms with van der Waals surface area (Å²) in [7, 11) is 0. The van der Waals surface area contributed by atoms with Crippen molar-refractivity contribution >= 4 is 11.8 Å². The number of nitrogens with one attached hydrogen (secondary N) is 2. The van der Waals surface area contributed by atoms with Gasteiger partial charge in [-0.15, -0.1) is 5.10 Å². The van der Waals surface area contributed by atoms with E-state index in [0.29, 0.717) is 29.7 Å². The molecule has 8 nitrogen and oxygen atoms in total. The van der Waals surface area contributed by atoms with Gasteiger partial charge in [0.15, 0.2) is 5.82 Å². The van der Waals surface area contributed by atoms with Gasteiger partial charge in [-0.25, -0.2) is 14.1 Å². The highest BCUT2D eigenvalue weighted by Crippen LogP contribution is 2.34. The number of nitrogens with zero attached hydrogens (tertiary/aromatic N) is 6. The Morgan fingerprint density at radius 2 is 2.14 bits per heavy atom. The van der Waals surface area contributed by atoms with Crippen LogP contribution in [0.15, 0.2) is 48.7 Å². The van der Waals surface area contributed by atoms with Crippen molar-refractivity contribution in [1.82, 2.24) is 30.2 Å². The van der Waals surface area contributed by atoms with Gasteiger partial charge in [-0.3, -0.25) is 0 Å². The second-order valence-electron chi connectivity index (χ2n) is 6.77. The van der Waals surface area contributed by atoms with Crippen LogP contribution >= 0.6 is 0 Å². The third-order valence-electron chi connectivity index (χ3n) is 4.90. The molecule has 28 heavy (non-hydrogen) atoms. The van der Waals surface area contributed by atoms with Crippen molar-refractivity contribution in [2.24, 2.45) is 0 Å². The minimum Gasteiger partial charge on any atom is -0.361 e. The molecular formula is C19H17FN8. The molecule has 2 atom stereocenters. The van der Waals surface area contributed by atoms with Crippen molar-refractivity contribution in [1.29, 1.82) is 0 Å². The van der Waals surface area contributed by atoms with Gasteiger partial charge in [0.25, 0.3) is 0 Å². The summed E-state index contributed by atoms with van der Waals surface area (Å²) in [6.45, 7) is 2.16. The van der Waals surface area contributed by atoms with E-state index in [1.54, 1.807) is 23.9 Å². The van der Waals surface area contributed by atoms with Gasteiger partial charge in [0.05, 0.1) is 17.6 Å². The largest absolute Gasteiger partial charge is 0.361 e. The van der Waals surface area contributed by atoms with Crippen LogP contribution in [0.5, 0.6) is 0 Å². The zero-order chi connectivity index (χ0) is 19.1. The van der Waals surface area contributed by atoms with E-state index in [1.165, 1.54) is 6.07 Å². The number of allylic oxidation sites excluding steroid dienone is 2. The Morgan fingerprint density at radius 1 is 1.25 bits per heavy atom. The fourth-order valence-electron chi connectivity index (χ4n) is 3.36. The zero-order valence-electron chi connectivity index (χ0n) is 15.0. The van der Waals surface area contributed by atoms with Crippen LogP contribution < -0.4 is 10.6 Å². The van der Waals surface area contributed by atoms with Gasteiger partial charge in [0.1, 0.15) is 11.6 Å². The minimum atomic E-state index is -0.223. The summed E-state index contributed by atoms with van der Waals surface area (Å²) in [5, 5.41) is 18.7. The number of aryl methyl sites for hydroxylation is 1. The van der Waals surface area contributed by atoms with Crippen molar-refractivity contribution in [3.8, 4) is 11.4 Å². The van der Waals surface area contributed by atoms with Gasteiger partial charge < -0.3 is 10.6 Å². The van der Waals surface area contributed by atoms with E-state index >= 15 is 0 Å². The number of rotatable bonds is 3. The lowest BCUT2D eigenvalue weighted by atomic mass is 10.0. The maximum Gasteiger partial charge on any atom is 0.224 e. The highest BCUT2D eigenvalue weighted by atomic mass is 19.1. The Hall–Kier alpha value is -3.62. The summed E-state index contributed by atoms with van der Waals surface area (Å²) in [6.07, 6.45) is 9.75. The molecule has 2 unspecified atom stereocenters. The second kappa shape index (κ2) is 6.52. The third-order valence-corrected chi connectivity index (χ3v) is 4.90. The first kappa shape index (κ1) is 16.5. The predicted molar refractivity (Wildman–Crippen MR) is 102 cm³/mol. The normalized spacial score (nSPS) is 19.2. The molecule has 0 saturated heterocycles. The number of hydrogen-bond acceptors (Lipinski definition) is 7. The molecule has 0 amide bonds. The molecule has 0 saturated carbocycles. The predicted octanol–water partition coefficient (Wildman–Crippen LogP) is 2.65. The molecule has 2 N–H and O–H groups in total. The van der Waals surface area contributed by atoms with E-state index < -0.39 is 0 Å². The SMILES string of the molecule is Cc1ccc(CNc2ncc3c(n2)NC2C=CC=CC2n2nnnc2-3)cc1F. The lowest BCUT2D eigenvalue weighted by Gasteiger charge is -2.23. The van der Waals surface area contributed by atoms with Crippen molar-refractivity contribution in [3.05, 3.63) is 65.6 Å². The molecule has 1 aliphatic carbocycles.